The van der Waals surface area contributed by atoms with Gasteiger partial charge >= 0.3 is 6.09 Å². The van der Waals surface area contributed by atoms with Gasteiger partial charge in [-0.25, -0.2) is 4.79 Å². The van der Waals surface area contributed by atoms with Gasteiger partial charge in [0.25, 0.3) is 0 Å². The second kappa shape index (κ2) is 7.33. The van der Waals surface area contributed by atoms with Crippen molar-refractivity contribution in [2.75, 3.05) is 18.8 Å². The number of hydrogen-bond donors (Lipinski definition) is 3. The summed E-state index contributed by atoms with van der Waals surface area (Å²) in [4.78, 5) is 15.0. The smallest absolute Gasteiger partial charge is 0.407 e. The molecule has 0 aliphatic heterocycles. The van der Waals surface area contributed by atoms with Crippen LogP contribution in [-0.2, 0) is 0 Å². The molecular formula is C10H17N3O3. The zero-order chi connectivity index (χ0) is 12.6. The number of nitrogens with two attached hydrogens (primary N) is 1. The van der Waals surface area contributed by atoms with Crippen LogP contribution in [0.4, 0.5) is 10.5 Å². The largest absolute Gasteiger partial charge is 0.504 e. The molecule has 6 nitrogen and oxygen atoms in total. The van der Waals surface area contributed by atoms with Gasteiger partial charge in [0.1, 0.15) is 0 Å². The Balaban J connectivity index is 0.000000281. The van der Waals surface area contributed by atoms with Crippen LogP contribution in [0.15, 0.2) is 18.5 Å². The van der Waals surface area contributed by atoms with Crippen molar-refractivity contribution in [2.45, 2.75) is 13.8 Å². The number of aromatic nitrogens is 1. The number of hydrogen-bond acceptors (Lipinski definition) is 4. The molecule has 1 rings (SSSR count). The number of pyridine rings is 1. The van der Waals surface area contributed by atoms with Crippen LogP contribution >= 0.6 is 0 Å². The normalized spacial score (nSPS) is 8.88. The summed E-state index contributed by atoms with van der Waals surface area (Å²) in [5, 5.41) is 17.0. The molecule has 0 spiro atoms. The van der Waals surface area contributed by atoms with Gasteiger partial charge in [-0.05, 0) is 19.9 Å². The lowest BCUT2D eigenvalue weighted by molar-refractivity contribution is 0.150. The quantitative estimate of drug-likeness (QED) is 0.708. The Hall–Kier alpha value is -1.98. The first-order valence-electron chi connectivity index (χ1n) is 4.89. The Bertz CT molecular complexity index is 306. The summed E-state index contributed by atoms with van der Waals surface area (Å²) in [5.41, 5.74) is 5.59. The molecule has 0 saturated carbocycles. The molecule has 4 N–H and O–H groups in total. The van der Waals surface area contributed by atoms with E-state index in [1.165, 1.54) is 23.4 Å². The Morgan fingerprint density at radius 3 is 2.25 bits per heavy atom. The van der Waals surface area contributed by atoms with Crippen LogP contribution in [0.2, 0.25) is 0 Å². The van der Waals surface area contributed by atoms with Crippen LogP contribution in [0.3, 0.4) is 0 Å². The van der Waals surface area contributed by atoms with Gasteiger partial charge in [-0.3, -0.25) is 4.98 Å². The SMILES string of the molecule is CCN(CC)C(=O)O.Nc1ccncc1O. The number of carboxylic acid groups (broad SMARTS) is 1. The fourth-order valence-corrected chi connectivity index (χ4v) is 0.891. The van der Waals surface area contributed by atoms with Crippen molar-refractivity contribution in [3.63, 3.8) is 0 Å². The first-order chi connectivity index (χ1) is 7.52. The standard InChI is InChI=1S/C5H6N2O.C5H11NO2/c6-4-1-2-7-3-5(4)8;1-3-6(4-2)5(7)8/h1-3,8H,(H2,6,7);3-4H2,1-2H3,(H,7,8). The fourth-order valence-electron chi connectivity index (χ4n) is 0.891. The zero-order valence-corrected chi connectivity index (χ0v) is 9.42. The van der Waals surface area contributed by atoms with Gasteiger partial charge in [-0.2, -0.15) is 0 Å². The average Bonchev–Trinajstić information content (AvgIpc) is 2.25. The van der Waals surface area contributed by atoms with Gasteiger partial charge in [0.15, 0.2) is 5.75 Å². The molecule has 16 heavy (non-hydrogen) atoms. The highest BCUT2D eigenvalue weighted by Gasteiger charge is 2.02. The molecule has 0 bridgehead atoms. The van der Waals surface area contributed by atoms with E-state index in [0.717, 1.165) is 0 Å². The van der Waals surface area contributed by atoms with Crippen molar-refractivity contribution >= 4 is 11.8 Å². The summed E-state index contributed by atoms with van der Waals surface area (Å²) >= 11 is 0. The van der Waals surface area contributed by atoms with E-state index in [1.807, 2.05) is 13.8 Å². The van der Waals surface area contributed by atoms with Gasteiger partial charge in [0, 0.05) is 19.3 Å². The fraction of sp³-hybridized carbons (Fsp3) is 0.400. The van der Waals surface area contributed by atoms with Gasteiger partial charge in [0.05, 0.1) is 11.9 Å². The average molecular weight is 227 g/mol. The lowest BCUT2D eigenvalue weighted by Gasteiger charge is -2.12. The number of anilines is 1. The van der Waals surface area contributed by atoms with Gasteiger partial charge in [-0.1, -0.05) is 0 Å². The highest BCUT2D eigenvalue weighted by Crippen LogP contribution is 2.14. The van der Waals surface area contributed by atoms with Gasteiger partial charge < -0.3 is 20.8 Å². The molecule has 0 aromatic carbocycles. The van der Waals surface area contributed by atoms with Crippen molar-refractivity contribution in [2.24, 2.45) is 0 Å². The zero-order valence-electron chi connectivity index (χ0n) is 9.42. The Morgan fingerprint density at radius 2 is 2.06 bits per heavy atom. The molecule has 0 aliphatic carbocycles. The van der Waals surface area contributed by atoms with Crippen LogP contribution in [-0.4, -0.2) is 39.3 Å². The minimum Gasteiger partial charge on any atom is -0.504 e. The third-order valence-corrected chi connectivity index (χ3v) is 1.87. The molecule has 0 unspecified atom stereocenters. The molecule has 6 heteroatoms. The van der Waals surface area contributed by atoms with E-state index in [1.54, 1.807) is 0 Å². The Labute approximate surface area is 94.3 Å². The van der Waals surface area contributed by atoms with Gasteiger partial charge in [-0.15, -0.1) is 0 Å². The number of nitrogens with zero attached hydrogens (tertiary/aromatic N) is 2. The van der Waals surface area contributed by atoms with E-state index in [4.69, 9.17) is 15.9 Å². The number of carbonyl (C=O) groups is 1. The summed E-state index contributed by atoms with van der Waals surface area (Å²) in [6.07, 6.45) is 1.99. The molecule has 1 aromatic rings. The van der Waals surface area contributed by atoms with E-state index in [0.29, 0.717) is 18.8 Å². The van der Waals surface area contributed by atoms with Crippen LogP contribution in [0, 0.1) is 0 Å². The molecule has 1 amide bonds. The maximum atomic E-state index is 10.1. The monoisotopic (exact) mass is 227 g/mol. The number of aromatic hydroxyl groups is 1. The maximum Gasteiger partial charge on any atom is 0.407 e. The van der Waals surface area contributed by atoms with E-state index < -0.39 is 6.09 Å². The molecule has 1 aromatic heterocycles. The van der Waals surface area contributed by atoms with Crippen LogP contribution in [0.1, 0.15) is 13.8 Å². The van der Waals surface area contributed by atoms with E-state index >= 15 is 0 Å². The van der Waals surface area contributed by atoms with E-state index in [2.05, 4.69) is 4.98 Å². The third-order valence-electron chi connectivity index (χ3n) is 1.87. The van der Waals surface area contributed by atoms with Crippen molar-refractivity contribution < 1.29 is 15.0 Å². The summed E-state index contributed by atoms with van der Waals surface area (Å²) in [5.74, 6) is 0.0347. The lowest BCUT2D eigenvalue weighted by atomic mass is 10.4. The summed E-state index contributed by atoms with van der Waals surface area (Å²) in [6.45, 7) is 4.78. The molecule has 0 fully saturated rings. The van der Waals surface area contributed by atoms with E-state index in [9.17, 15) is 4.79 Å². The molecule has 0 radical (unpaired) electrons. The predicted molar refractivity (Wildman–Crippen MR) is 61.3 cm³/mol. The molecule has 0 aliphatic rings. The number of amides is 1. The Morgan fingerprint density at radius 1 is 1.50 bits per heavy atom. The molecule has 1 heterocycles. The highest BCUT2D eigenvalue weighted by atomic mass is 16.4. The second-order valence-electron chi connectivity index (χ2n) is 2.89. The Kier molecular flexibility index (Phi) is 6.42. The van der Waals surface area contributed by atoms with Crippen LogP contribution < -0.4 is 5.73 Å². The summed E-state index contributed by atoms with van der Waals surface area (Å²) in [7, 11) is 0. The van der Waals surface area contributed by atoms with Crippen molar-refractivity contribution in [3.8, 4) is 5.75 Å². The highest BCUT2D eigenvalue weighted by molar-refractivity contribution is 5.64. The second-order valence-corrected chi connectivity index (χ2v) is 2.89. The molecule has 0 atom stereocenters. The van der Waals surface area contributed by atoms with Gasteiger partial charge in [0.2, 0.25) is 0 Å². The summed E-state index contributed by atoms with van der Waals surface area (Å²) < 4.78 is 0. The first kappa shape index (κ1) is 14.0. The molecular weight excluding hydrogens is 210 g/mol. The first-order valence-corrected chi connectivity index (χ1v) is 4.89. The summed E-state index contributed by atoms with van der Waals surface area (Å²) in [6, 6.07) is 1.54. The minimum atomic E-state index is -0.838. The van der Waals surface area contributed by atoms with Crippen molar-refractivity contribution in [1.82, 2.24) is 9.88 Å². The lowest BCUT2D eigenvalue weighted by Crippen LogP contribution is -2.28. The van der Waals surface area contributed by atoms with Crippen molar-refractivity contribution in [3.05, 3.63) is 18.5 Å². The maximum absolute atomic E-state index is 10.1. The van der Waals surface area contributed by atoms with Crippen LogP contribution in [0.25, 0.3) is 0 Å². The third kappa shape index (κ3) is 5.04. The number of rotatable bonds is 2. The topological polar surface area (TPSA) is 99.7 Å². The molecule has 0 saturated heterocycles. The van der Waals surface area contributed by atoms with Crippen LogP contribution in [0.5, 0.6) is 5.75 Å². The minimum absolute atomic E-state index is 0.0347. The molecule has 90 valence electrons. The number of nitrogen functional groups attached to an aromatic ring is 1. The van der Waals surface area contributed by atoms with E-state index in [-0.39, 0.29) is 5.75 Å². The predicted octanol–water partition coefficient (Wildman–Crippen LogP) is 1.38. The van der Waals surface area contributed by atoms with Crippen molar-refractivity contribution in [1.29, 1.82) is 0 Å².